The van der Waals surface area contributed by atoms with E-state index in [0.717, 1.165) is 5.69 Å². The van der Waals surface area contributed by atoms with E-state index in [0.29, 0.717) is 23.6 Å². The van der Waals surface area contributed by atoms with Crippen LogP contribution in [0.15, 0.2) is 48.5 Å². The van der Waals surface area contributed by atoms with Crippen LogP contribution in [0.2, 0.25) is 0 Å². The van der Waals surface area contributed by atoms with Crippen LogP contribution < -0.4 is 14.4 Å². The lowest BCUT2D eigenvalue weighted by Gasteiger charge is -2.46. The minimum absolute atomic E-state index is 0.158. The highest BCUT2D eigenvalue weighted by Gasteiger charge is 2.55. The molecule has 34 heavy (non-hydrogen) atoms. The molecule has 7 heteroatoms. The zero-order valence-corrected chi connectivity index (χ0v) is 21.5. The third kappa shape index (κ3) is 5.64. The summed E-state index contributed by atoms with van der Waals surface area (Å²) < 4.78 is 22.2. The smallest absolute Gasteiger partial charge is 0.337 e. The number of benzene rings is 2. The van der Waals surface area contributed by atoms with E-state index in [9.17, 15) is 9.59 Å². The first kappa shape index (κ1) is 27.0. The molecular formula is C27H37NO6. The Hall–Kier alpha value is -3.22. The molecule has 0 aliphatic carbocycles. The highest BCUT2D eigenvalue weighted by Crippen LogP contribution is 2.43. The fourth-order valence-corrected chi connectivity index (χ4v) is 4.10. The molecule has 0 spiro atoms. The Morgan fingerprint density at radius 2 is 1.56 bits per heavy atom. The second kappa shape index (κ2) is 11.3. The van der Waals surface area contributed by atoms with E-state index < -0.39 is 29.0 Å². The van der Waals surface area contributed by atoms with E-state index in [1.165, 1.54) is 0 Å². The molecule has 2 rings (SSSR count). The van der Waals surface area contributed by atoms with Gasteiger partial charge >= 0.3 is 11.9 Å². The van der Waals surface area contributed by atoms with Crippen LogP contribution in [0.5, 0.6) is 11.5 Å². The monoisotopic (exact) mass is 471 g/mol. The molecule has 7 nitrogen and oxygen atoms in total. The molecule has 0 aliphatic rings. The lowest BCUT2D eigenvalue weighted by molar-refractivity contribution is -0.169. The van der Waals surface area contributed by atoms with E-state index in [2.05, 4.69) is 0 Å². The largest absolute Gasteiger partial charge is 0.497 e. The Morgan fingerprint density at radius 1 is 0.941 bits per heavy atom. The Balaban J connectivity index is 2.86. The fraction of sp³-hybridized carbons (Fsp3) is 0.481. The average Bonchev–Trinajstić information content (AvgIpc) is 2.81. The highest BCUT2D eigenvalue weighted by atomic mass is 16.6. The van der Waals surface area contributed by atoms with Gasteiger partial charge in [-0.05, 0) is 83.5 Å². The molecule has 0 saturated carbocycles. The zero-order chi connectivity index (χ0) is 25.5. The van der Waals surface area contributed by atoms with Gasteiger partial charge in [0.1, 0.15) is 17.1 Å². The molecule has 186 valence electrons. The molecule has 0 fully saturated rings. The van der Waals surface area contributed by atoms with Gasteiger partial charge in [-0.15, -0.1) is 0 Å². The molecule has 2 unspecified atom stereocenters. The number of methoxy groups -OCH3 is 2. The van der Waals surface area contributed by atoms with Crippen molar-refractivity contribution < 1.29 is 28.5 Å². The molecule has 2 aromatic carbocycles. The number of nitrogens with zero attached hydrogens (tertiary/aromatic N) is 1. The van der Waals surface area contributed by atoms with Crippen LogP contribution in [-0.4, -0.2) is 44.9 Å². The molecular weight excluding hydrogens is 434 g/mol. The second-order valence-corrected chi connectivity index (χ2v) is 8.92. The van der Waals surface area contributed by atoms with Crippen molar-refractivity contribution in [2.45, 2.75) is 52.7 Å². The van der Waals surface area contributed by atoms with Gasteiger partial charge in [0.15, 0.2) is 5.54 Å². The number of rotatable bonds is 10. The summed E-state index contributed by atoms with van der Waals surface area (Å²) in [6, 6.07) is 14.5. The number of carbonyl (C=O) groups excluding carboxylic acids is 2. The molecule has 0 bridgehead atoms. The molecule has 2 aromatic rings. The van der Waals surface area contributed by atoms with Gasteiger partial charge in [0.05, 0.1) is 26.7 Å². The number of anilines is 1. The molecule has 2 atom stereocenters. The standard InChI is InChI=1S/C27H37NO6/c1-9-28(21-14-16-22(31-7)17-15-21)27(25(30)33-10-2,19(3)24(29)34-26(4,5)6)20-12-11-13-23(18-20)32-8/h11-19H,9-10H2,1-8H3. The average molecular weight is 472 g/mol. The van der Waals surface area contributed by atoms with Crippen LogP contribution in [0.25, 0.3) is 0 Å². The van der Waals surface area contributed by atoms with Crippen molar-refractivity contribution in [2.75, 3.05) is 32.3 Å². The zero-order valence-electron chi connectivity index (χ0n) is 21.5. The predicted molar refractivity (Wildman–Crippen MR) is 132 cm³/mol. The Labute approximate surface area is 202 Å². The Kier molecular flexibility index (Phi) is 8.96. The van der Waals surface area contributed by atoms with E-state index in [-0.39, 0.29) is 6.61 Å². The first-order chi connectivity index (χ1) is 16.0. The van der Waals surface area contributed by atoms with Crippen LogP contribution in [-0.2, 0) is 24.6 Å². The molecule has 0 heterocycles. The Bertz CT molecular complexity index is 966. The van der Waals surface area contributed by atoms with Crippen LogP contribution in [0, 0.1) is 5.92 Å². The van der Waals surface area contributed by atoms with E-state index in [1.807, 2.05) is 42.2 Å². The van der Waals surface area contributed by atoms with Crippen molar-refractivity contribution in [3.63, 3.8) is 0 Å². The van der Waals surface area contributed by atoms with Crippen LogP contribution in [0.4, 0.5) is 5.69 Å². The summed E-state index contributed by atoms with van der Waals surface area (Å²) in [6.45, 7) is 11.4. The normalized spacial score (nSPS) is 13.9. The van der Waals surface area contributed by atoms with Crippen LogP contribution >= 0.6 is 0 Å². The summed E-state index contributed by atoms with van der Waals surface area (Å²) in [4.78, 5) is 29.3. The van der Waals surface area contributed by atoms with Crippen LogP contribution in [0.3, 0.4) is 0 Å². The maximum absolute atomic E-state index is 13.9. The second-order valence-electron chi connectivity index (χ2n) is 8.92. The van der Waals surface area contributed by atoms with Crippen molar-refractivity contribution >= 4 is 17.6 Å². The van der Waals surface area contributed by atoms with Gasteiger partial charge in [-0.2, -0.15) is 0 Å². The third-order valence-electron chi connectivity index (χ3n) is 5.61. The molecule has 0 amide bonds. The number of likely N-dealkylation sites (N-methyl/N-ethyl adjacent to an activating group) is 1. The first-order valence-corrected chi connectivity index (χ1v) is 11.5. The van der Waals surface area contributed by atoms with E-state index >= 15 is 0 Å². The first-order valence-electron chi connectivity index (χ1n) is 11.5. The number of ether oxygens (including phenoxy) is 4. The highest BCUT2D eigenvalue weighted by molar-refractivity contribution is 5.93. The van der Waals surface area contributed by atoms with Gasteiger partial charge in [-0.1, -0.05) is 12.1 Å². The summed E-state index contributed by atoms with van der Waals surface area (Å²) in [6.07, 6.45) is 0. The van der Waals surface area contributed by atoms with E-state index in [1.54, 1.807) is 67.0 Å². The van der Waals surface area contributed by atoms with Crippen molar-refractivity contribution in [3.8, 4) is 11.5 Å². The lowest BCUT2D eigenvalue weighted by atomic mass is 9.76. The maximum atomic E-state index is 13.9. The summed E-state index contributed by atoms with van der Waals surface area (Å²) >= 11 is 0. The SMILES string of the molecule is CCOC(=O)C(c1cccc(OC)c1)(C(C)C(=O)OC(C)(C)C)N(CC)c1ccc(OC)cc1. The van der Waals surface area contributed by atoms with Gasteiger partial charge in [-0.3, -0.25) is 4.79 Å². The minimum atomic E-state index is -1.52. The van der Waals surface area contributed by atoms with Gasteiger partial charge in [0, 0.05) is 12.2 Å². The fourth-order valence-electron chi connectivity index (χ4n) is 4.10. The molecule has 0 saturated heterocycles. The van der Waals surface area contributed by atoms with E-state index in [4.69, 9.17) is 18.9 Å². The molecule has 0 radical (unpaired) electrons. The minimum Gasteiger partial charge on any atom is -0.497 e. The third-order valence-corrected chi connectivity index (χ3v) is 5.61. The Morgan fingerprint density at radius 3 is 2.06 bits per heavy atom. The topological polar surface area (TPSA) is 74.3 Å². The van der Waals surface area contributed by atoms with Gasteiger partial charge in [0.2, 0.25) is 0 Å². The summed E-state index contributed by atoms with van der Waals surface area (Å²) in [5.41, 5.74) is -0.941. The molecule has 0 aliphatic heterocycles. The molecule has 0 N–H and O–H groups in total. The number of esters is 2. The van der Waals surface area contributed by atoms with Crippen molar-refractivity contribution in [3.05, 3.63) is 54.1 Å². The summed E-state index contributed by atoms with van der Waals surface area (Å²) in [5.74, 6) is -0.717. The number of carbonyl (C=O) groups is 2. The van der Waals surface area contributed by atoms with Gasteiger partial charge < -0.3 is 23.8 Å². The van der Waals surface area contributed by atoms with Crippen LogP contribution in [0.1, 0.15) is 47.1 Å². The maximum Gasteiger partial charge on any atom is 0.337 e. The van der Waals surface area contributed by atoms with Crippen molar-refractivity contribution in [1.29, 1.82) is 0 Å². The van der Waals surface area contributed by atoms with Crippen molar-refractivity contribution in [1.82, 2.24) is 0 Å². The lowest BCUT2D eigenvalue weighted by Crippen LogP contribution is -2.59. The van der Waals surface area contributed by atoms with Gasteiger partial charge in [0.25, 0.3) is 0 Å². The van der Waals surface area contributed by atoms with Crippen molar-refractivity contribution in [2.24, 2.45) is 5.92 Å². The molecule has 0 aromatic heterocycles. The van der Waals surface area contributed by atoms with Gasteiger partial charge in [-0.25, -0.2) is 4.79 Å². The number of hydrogen-bond donors (Lipinski definition) is 0. The quantitative estimate of drug-likeness (QED) is 0.453. The number of hydrogen-bond acceptors (Lipinski definition) is 7. The summed E-state index contributed by atoms with van der Waals surface area (Å²) in [7, 11) is 3.15. The predicted octanol–water partition coefficient (Wildman–Crippen LogP) is 4.97. The summed E-state index contributed by atoms with van der Waals surface area (Å²) in [5, 5.41) is 0.